The fourth-order valence-electron chi connectivity index (χ4n) is 5.23. The van der Waals surface area contributed by atoms with E-state index in [0.29, 0.717) is 29.8 Å². The molecule has 37 heavy (non-hydrogen) atoms. The van der Waals surface area contributed by atoms with Crippen molar-refractivity contribution in [3.8, 4) is 5.75 Å². The van der Waals surface area contributed by atoms with Crippen LogP contribution in [0.3, 0.4) is 0 Å². The number of benzene rings is 2. The molecular weight excluding hydrogens is 478 g/mol. The lowest BCUT2D eigenvalue weighted by Gasteiger charge is -2.18. The Morgan fingerprint density at radius 3 is 2.35 bits per heavy atom. The lowest BCUT2D eigenvalue weighted by molar-refractivity contribution is -0.385. The summed E-state index contributed by atoms with van der Waals surface area (Å²) in [7, 11) is 0. The Bertz CT molecular complexity index is 1360. The Morgan fingerprint density at radius 1 is 0.973 bits per heavy atom. The van der Waals surface area contributed by atoms with Crippen LogP contribution >= 0.6 is 0 Å². The first-order chi connectivity index (χ1) is 17.6. The molecule has 0 aromatic heterocycles. The third-order valence-corrected chi connectivity index (χ3v) is 7.30. The van der Waals surface area contributed by atoms with E-state index in [-0.39, 0.29) is 54.0 Å². The van der Waals surface area contributed by atoms with E-state index in [1.807, 2.05) is 13.0 Å². The largest absolute Gasteiger partial charge is 0.426 e. The zero-order valence-corrected chi connectivity index (χ0v) is 20.4. The van der Waals surface area contributed by atoms with Crippen LogP contribution in [0.5, 0.6) is 5.75 Å². The highest BCUT2D eigenvalue weighted by atomic mass is 16.6. The average Bonchev–Trinajstić information content (AvgIpc) is 3.37. The maximum absolute atomic E-state index is 12.9. The number of nitrogens with zero attached hydrogens (tertiary/aromatic N) is 3. The van der Waals surface area contributed by atoms with Crippen LogP contribution in [-0.4, -0.2) is 35.2 Å². The Labute approximate surface area is 212 Å². The number of rotatable bonds is 5. The monoisotopic (exact) mass is 503 g/mol. The molecule has 0 bridgehead atoms. The average molecular weight is 504 g/mol. The molecule has 10 heteroatoms. The third kappa shape index (κ3) is 4.39. The molecule has 1 aliphatic carbocycles. The van der Waals surface area contributed by atoms with E-state index in [0.717, 1.165) is 5.57 Å². The highest BCUT2D eigenvalue weighted by Crippen LogP contribution is 2.40. The van der Waals surface area contributed by atoms with Crippen molar-refractivity contribution in [3.63, 3.8) is 0 Å². The summed E-state index contributed by atoms with van der Waals surface area (Å²) >= 11 is 0. The number of fused-ring (bicyclic) bond motifs is 1. The number of anilines is 2. The lowest BCUT2D eigenvalue weighted by atomic mass is 9.82. The highest BCUT2D eigenvalue weighted by molar-refractivity contribution is 6.22. The van der Waals surface area contributed by atoms with Gasteiger partial charge in [0.15, 0.2) is 0 Å². The summed E-state index contributed by atoms with van der Waals surface area (Å²) in [6.45, 7) is 3.62. The van der Waals surface area contributed by atoms with Gasteiger partial charge in [-0.1, -0.05) is 17.7 Å². The topological polar surface area (TPSA) is 127 Å². The molecule has 190 valence electrons. The summed E-state index contributed by atoms with van der Waals surface area (Å²) in [5.41, 5.74) is 2.26. The summed E-state index contributed by atoms with van der Waals surface area (Å²) in [4.78, 5) is 64.4. The van der Waals surface area contributed by atoms with Gasteiger partial charge in [0.25, 0.3) is 5.69 Å². The zero-order valence-electron chi connectivity index (χ0n) is 20.4. The maximum Gasteiger partial charge on any atom is 0.316 e. The molecule has 2 aromatic carbocycles. The van der Waals surface area contributed by atoms with Crippen molar-refractivity contribution < 1.29 is 28.8 Å². The molecule has 0 N–H and O–H groups in total. The normalized spacial score (nSPS) is 23.2. The maximum atomic E-state index is 12.9. The number of hydrogen-bond donors (Lipinski definition) is 0. The van der Waals surface area contributed by atoms with Gasteiger partial charge < -0.3 is 9.64 Å². The first-order valence-electron chi connectivity index (χ1n) is 12.0. The Morgan fingerprint density at radius 2 is 1.65 bits per heavy atom. The molecule has 0 saturated carbocycles. The van der Waals surface area contributed by atoms with Gasteiger partial charge in [0.05, 0.1) is 34.1 Å². The smallest absolute Gasteiger partial charge is 0.316 e. The molecule has 2 fully saturated rings. The summed E-state index contributed by atoms with van der Waals surface area (Å²) < 4.78 is 5.47. The molecule has 3 aliphatic rings. The Kier molecular flexibility index (Phi) is 6.10. The van der Waals surface area contributed by atoms with E-state index >= 15 is 0 Å². The molecular formula is C27H25N3O7. The van der Waals surface area contributed by atoms with Gasteiger partial charge in [0.1, 0.15) is 5.75 Å². The molecule has 5 rings (SSSR count). The number of aryl methyl sites for hydroxylation is 1. The minimum absolute atomic E-state index is 0.0446. The minimum Gasteiger partial charge on any atom is -0.426 e. The molecule has 0 spiro atoms. The quantitative estimate of drug-likeness (QED) is 0.152. The Hall–Kier alpha value is -4.34. The summed E-state index contributed by atoms with van der Waals surface area (Å²) in [6.07, 6.45) is 3.06. The second kappa shape index (κ2) is 9.27. The summed E-state index contributed by atoms with van der Waals surface area (Å²) in [5.74, 6) is -2.57. The predicted octanol–water partition coefficient (Wildman–Crippen LogP) is 3.71. The van der Waals surface area contributed by atoms with Gasteiger partial charge in [-0.25, -0.2) is 0 Å². The van der Waals surface area contributed by atoms with Gasteiger partial charge in [-0.15, -0.1) is 0 Å². The number of carbonyl (C=O) groups is 4. The van der Waals surface area contributed by atoms with Gasteiger partial charge in [0, 0.05) is 24.6 Å². The molecule has 3 atom stereocenters. The van der Waals surface area contributed by atoms with Crippen LogP contribution in [0.15, 0.2) is 54.1 Å². The van der Waals surface area contributed by atoms with Crippen LogP contribution in [0, 0.1) is 34.8 Å². The van der Waals surface area contributed by atoms with E-state index < -0.39 is 16.8 Å². The van der Waals surface area contributed by atoms with Crippen molar-refractivity contribution in [2.24, 2.45) is 17.8 Å². The number of nitro benzene ring substituents is 1. The van der Waals surface area contributed by atoms with Crippen LogP contribution < -0.4 is 14.5 Å². The van der Waals surface area contributed by atoms with Crippen LogP contribution in [0.4, 0.5) is 17.1 Å². The molecule has 0 unspecified atom stereocenters. The van der Waals surface area contributed by atoms with Gasteiger partial charge in [-0.05, 0) is 57.0 Å². The SMILES string of the molecule is CC1=CC[C@@H]2C(=O)N(c3ccc(OC(=O)[C@H]4CC(=O)N(c5ccc(C)c([N+](=O)[O-])c5)C4)cc3)C(=O)[C@@H]2C1. The number of esters is 1. The molecule has 2 aliphatic heterocycles. The van der Waals surface area contributed by atoms with Crippen molar-refractivity contribution in [3.05, 3.63) is 69.8 Å². The van der Waals surface area contributed by atoms with Crippen molar-refractivity contribution in [2.45, 2.75) is 33.1 Å². The van der Waals surface area contributed by atoms with E-state index in [1.165, 1.54) is 28.0 Å². The standard InChI is InChI=1S/C27H25N3O7/c1-15-3-10-21-22(11-15)26(33)29(25(21)32)18-6-8-20(9-7-18)37-27(34)17-12-24(31)28(14-17)19-5-4-16(2)23(13-19)30(35)36/h3-9,13,17,21-22H,10-12,14H2,1-2H3/t17-,21-,22+/m0/s1. The fraction of sp³-hybridized carbons (Fsp3) is 0.333. The lowest BCUT2D eigenvalue weighted by Crippen LogP contribution is -2.30. The minimum atomic E-state index is -0.742. The second-order valence-electron chi connectivity index (χ2n) is 9.76. The Balaban J connectivity index is 1.25. The summed E-state index contributed by atoms with van der Waals surface area (Å²) in [5, 5.41) is 11.3. The highest BCUT2D eigenvalue weighted by Gasteiger charge is 2.48. The van der Waals surface area contributed by atoms with Gasteiger partial charge in [-0.3, -0.25) is 34.2 Å². The predicted molar refractivity (Wildman–Crippen MR) is 133 cm³/mol. The van der Waals surface area contributed by atoms with Crippen LogP contribution in [0.1, 0.15) is 31.7 Å². The molecule has 2 aromatic rings. The molecule has 2 heterocycles. The third-order valence-electron chi connectivity index (χ3n) is 7.30. The van der Waals surface area contributed by atoms with Gasteiger partial charge in [-0.2, -0.15) is 0 Å². The fourth-order valence-corrected chi connectivity index (χ4v) is 5.23. The van der Waals surface area contributed by atoms with Crippen molar-refractivity contribution in [2.75, 3.05) is 16.3 Å². The molecule has 3 amide bonds. The van der Waals surface area contributed by atoms with Crippen LogP contribution in [0.2, 0.25) is 0 Å². The number of allylic oxidation sites excluding steroid dienone is 2. The van der Waals surface area contributed by atoms with Crippen molar-refractivity contribution >= 4 is 40.8 Å². The molecule has 0 radical (unpaired) electrons. The number of nitro groups is 1. The van der Waals surface area contributed by atoms with Crippen molar-refractivity contribution in [1.29, 1.82) is 0 Å². The molecule has 10 nitrogen and oxygen atoms in total. The second-order valence-corrected chi connectivity index (χ2v) is 9.76. The van der Waals surface area contributed by atoms with E-state index in [4.69, 9.17) is 4.74 Å². The van der Waals surface area contributed by atoms with Crippen LogP contribution in [0.25, 0.3) is 0 Å². The first kappa shape index (κ1) is 24.4. The van der Waals surface area contributed by atoms with Crippen LogP contribution in [-0.2, 0) is 19.2 Å². The van der Waals surface area contributed by atoms with E-state index in [2.05, 4.69) is 0 Å². The van der Waals surface area contributed by atoms with Gasteiger partial charge in [0.2, 0.25) is 17.7 Å². The van der Waals surface area contributed by atoms with Crippen molar-refractivity contribution in [1.82, 2.24) is 0 Å². The number of carbonyl (C=O) groups excluding carboxylic acids is 4. The summed E-state index contributed by atoms with van der Waals surface area (Å²) in [6, 6.07) is 10.7. The zero-order chi connectivity index (χ0) is 26.4. The van der Waals surface area contributed by atoms with E-state index in [1.54, 1.807) is 31.2 Å². The number of imide groups is 1. The van der Waals surface area contributed by atoms with E-state index in [9.17, 15) is 29.3 Å². The molecule has 2 saturated heterocycles. The number of ether oxygens (including phenoxy) is 1. The first-order valence-corrected chi connectivity index (χ1v) is 12.0. The number of hydrogen-bond acceptors (Lipinski definition) is 7. The van der Waals surface area contributed by atoms with Gasteiger partial charge >= 0.3 is 5.97 Å². The number of amides is 3.